The summed E-state index contributed by atoms with van der Waals surface area (Å²) < 4.78 is 31.9. The van der Waals surface area contributed by atoms with Crippen LogP contribution in [0.1, 0.15) is 5.56 Å². The molecule has 1 atom stereocenters. The Balaban J connectivity index is 2.02. The van der Waals surface area contributed by atoms with Gasteiger partial charge in [0.25, 0.3) is 0 Å². The first-order valence-electron chi connectivity index (χ1n) is 5.53. The average Bonchev–Trinajstić information content (AvgIpc) is 2.34. The van der Waals surface area contributed by atoms with E-state index < -0.39 is 5.82 Å². The van der Waals surface area contributed by atoms with Gasteiger partial charge in [-0.15, -0.1) is 11.6 Å². The summed E-state index contributed by atoms with van der Waals surface area (Å²) in [6.45, 7) is 2.33. The fourth-order valence-electron chi connectivity index (χ4n) is 1.92. The zero-order valence-electron chi connectivity index (χ0n) is 9.33. The van der Waals surface area contributed by atoms with Gasteiger partial charge in [-0.2, -0.15) is 0 Å². The highest BCUT2D eigenvalue weighted by atomic mass is 35.5. The number of hydrogen-bond donors (Lipinski definition) is 0. The summed E-state index contributed by atoms with van der Waals surface area (Å²) in [6, 6.07) is 3.52. The molecule has 1 saturated heterocycles. The Morgan fingerprint density at radius 3 is 3.00 bits per heavy atom. The minimum atomic E-state index is -0.413. The average molecular weight is 262 g/mol. The Hall–Kier alpha value is -0.710. The molecule has 1 fully saturated rings. The predicted octanol–water partition coefficient (Wildman–Crippen LogP) is 2.40. The molecule has 5 heteroatoms. The molecule has 1 aliphatic rings. The maximum atomic E-state index is 13.5. The van der Waals surface area contributed by atoms with E-state index in [1.54, 1.807) is 0 Å². The third-order valence-electron chi connectivity index (χ3n) is 2.80. The van der Waals surface area contributed by atoms with E-state index in [1.807, 2.05) is 4.90 Å². The molecule has 2 rings (SSSR count). The SMILES string of the molecule is Fc1ccc(F)c(CN2CCOC(CCl)C2)c1. The van der Waals surface area contributed by atoms with Crippen molar-refractivity contribution < 1.29 is 13.5 Å². The number of benzene rings is 1. The smallest absolute Gasteiger partial charge is 0.127 e. The van der Waals surface area contributed by atoms with E-state index in [0.717, 1.165) is 12.1 Å². The van der Waals surface area contributed by atoms with Crippen molar-refractivity contribution in [3.8, 4) is 0 Å². The van der Waals surface area contributed by atoms with Crippen molar-refractivity contribution in [2.75, 3.05) is 25.6 Å². The molecule has 0 radical (unpaired) electrons. The first-order chi connectivity index (χ1) is 8.19. The van der Waals surface area contributed by atoms with Gasteiger partial charge in [0.1, 0.15) is 11.6 Å². The van der Waals surface area contributed by atoms with E-state index in [0.29, 0.717) is 37.7 Å². The molecule has 17 heavy (non-hydrogen) atoms. The van der Waals surface area contributed by atoms with Crippen molar-refractivity contribution in [1.29, 1.82) is 0 Å². The topological polar surface area (TPSA) is 12.5 Å². The minimum Gasteiger partial charge on any atom is -0.374 e. The summed E-state index contributed by atoms with van der Waals surface area (Å²) in [4.78, 5) is 2.02. The third-order valence-corrected chi connectivity index (χ3v) is 3.14. The van der Waals surface area contributed by atoms with Crippen LogP contribution in [0.4, 0.5) is 8.78 Å². The van der Waals surface area contributed by atoms with Gasteiger partial charge in [-0.25, -0.2) is 8.78 Å². The second-order valence-electron chi connectivity index (χ2n) is 4.12. The van der Waals surface area contributed by atoms with E-state index >= 15 is 0 Å². The van der Waals surface area contributed by atoms with Gasteiger partial charge in [-0.3, -0.25) is 4.90 Å². The number of hydrogen-bond acceptors (Lipinski definition) is 2. The summed E-state index contributed by atoms with van der Waals surface area (Å²) in [5, 5.41) is 0. The second kappa shape index (κ2) is 5.76. The molecule has 94 valence electrons. The van der Waals surface area contributed by atoms with Gasteiger partial charge in [0, 0.05) is 31.1 Å². The molecule has 0 saturated carbocycles. The van der Waals surface area contributed by atoms with Gasteiger partial charge in [-0.1, -0.05) is 0 Å². The monoisotopic (exact) mass is 261 g/mol. The van der Waals surface area contributed by atoms with Gasteiger partial charge < -0.3 is 4.74 Å². The van der Waals surface area contributed by atoms with Crippen LogP contribution < -0.4 is 0 Å². The van der Waals surface area contributed by atoms with Gasteiger partial charge >= 0.3 is 0 Å². The van der Waals surface area contributed by atoms with Crippen LogP contribution in [-0.4, -0.2) is 36.6 Å². The molecule has 0 aliphatic carbocycles. The highest BCUT2D eigenvalue weighted by molar-refractivity contribution is 6.18. The van der Waals surface area contributed by atoms with Crippen LogP contribution in [0, 0.1) is 11.6 Å². The van der Waals surface area contributed by atoms with Crippen molar-refractivity contribution in [2.45, 2.75) is 12.6 Å². The molecule has 1 unspecified atom stereocenters. The maximum Gasteiger partial charge on any atom is 0.127 e. The fourth-order valence-corrected chi connectivity index (χ4v) is 2.11. The van der Waals surface area contributed by atoms with Crippen molar-refractivity contribution in [1.82, 2.24) is 4.90 Å². The number of rotatable bonds is 3. The van der Waals surface area contributed by atoms with Crippen molar-refractivity contribution in [3.63, 3.8) is 0 Å². The fraction of sp³-hybridized carbons (Fsp3) is 0.500. The Kier molecular flexibility index (Phi) is 4.31. The molecule has 0 bridgehead atoms. The number of ether oxygens (including phenoxy) is 1. The molecule has 1 aromatic rings. The first-order valence-corrected chi connectivity index (χ1v) is 6.06. The molecule has 0 spiro atoms. The van der Waals surface area contributed by atoms with E-state index in [-0.39, 0.29) is 11.9 Å². The minimum absolute atomic E-state index is 0.0259. The van der Waals surface area contributed by atoms with E-state index in [4.69, 9.17) is 16.3 Å². The van der Waals surface area contributed by atoms with Gasteiger partial charge in [0.2, 0.25) is 0 Å². The second-order valence-corrected chi connectivity index (χ2v) is 4.43. The van der Waals surface area contributed by atoms with Crippen LogP contribution in [0.25, 0.3) is 0 Å². The highest BCUT2D eigenvalue weighted by Crippen LogP contribution is 2.15. The summed E-state index contributed by atoms with van der Waals surface area (Å²) in [5.74, 6) is -0.369. The summed E-state index contributed by atoms with van der Waals surface area (Å²) >= 11 is 5.72. The molecule has 0 N–H and O–H groups in total. The van der Waals surface area contributed by atoms with Crippen molar-refractivity contribution in [2.24, 2.45) is 0 Å². The largest absolute Gasteiger partial charge is 0.374 e. The lowest BCUT2D eigenvalue weighted by Gasteiger charge is -2.32. The lowest BCUT2D eigenvalue weighted by Crippen LogP contribution is -2.42. The van der Waals surface area contributed by atoms with Crippen LogP contribution in [0.2, 0.25) is 0 Å². The first kappa shape index (κ1) is 12.7. The van der Waals surface area contributed by atoms with Gasteiger partial charge in [0.15, 0.2) is 0 Å². The zero-order chi connectivity index (χ0) is 12.3. The normalized spacial score (nSPS) is 21.7. The lowest BCUT2D eigenvalue weighted by atomic mass is 10.1. The van der Waals surface area contributed by atoms with Crippen molar-refractivity contribution in [3.05, 3.63) is 35.4 Å². The van der Waals surface area contributed by atoms with Gasteiger partial charge in [0.05, 0.1) is 12.7 Å². The molecule has 1 aromatic carbocycles. The van der Waals surface area contributed by atoms with Crippen LogP contribution in [0.3, 0.4) is 0 Å². The Morgan fingerprint density at radius 1 is 1.41 bits per heavy atom. The number of alkyl halides is 1. The zero-order valence-corrected chi connectivity index (χ0v) is 10.1. The molecule has 0 amide bonds. The van der Waals surface area contributed by atoms with Crippen LogP contribution in [-0.2, 0) is 11.3 Å². The molecule has 1 aliphatic heterocycles. The van der Waals surface area contributed by atoms with E-state index in [2.05, 4.69) is 0 Å². The lowest BCUT2D eigenvalue weighted by molar-refractivity contribution is -0.0197. The van der Waals surface area contributed by atoms with Crippen LogP contribution >= 0.6 is 11.6 Å². The number of morpholine rings is 1. The standard InChI is InChI=1S/C12H14ClF2NO/c13-6-11-8-16(3-4-17-11)7-9-5-10(14)1-2-12(9)15/h1-2,5,11H,3-4,6-8H2. The van der Waals surface area contributed by atoms with Crippen LogP contribution in [0.15, 0.2) is 18.2 Å². The molecule has 2 nitrogen and oxygen atoms in total. The quantitative estimate of drug-likeness (QED) is 0.775. The van der Waals surface area contributed by atoms with E-state index in [9.17, 15) is 8.78 Å². The predicted molar refractivity (Wildman–Crippen MR) is 62.1 cm³/mol. The summed E-state index contributed by atoms with van der Waals surface area (Å²) in [5.41, 5.74) is 0.375. The highest BCUT2D eigenvalue weighted by Gasteiger charge is 2.20. The Labute approximate surface area is 104 Å². The third kappa shape index (κ3) is 3.37. The van der Waals surface area contributed by atoms with E-state index in [1.165, 1.54) is 6.07 Å². The van der Waals surface area contributed by atoms with Crippen LogP contribution in [0.5, 0.6) is 0 Å². The molecule has 1 heterocycles. The summed E-state index contributed by atoms with van der Waals surface area (Å²) in [7, 11) is 0. The number of halogens is 3. The number of nitrogens with zero attached hydrogens (tertiary/aromatic N) is 1. The maximum absolute atomic E-state index is 13.5. The molecular formula is C12H14ClF2NO. The summed E-state index contributed by atoms with van der Waals surface area (Å²) in [6.07, 6.45) is -0.0259. The van der Waals surface area contributed by atoms with Crippen molar-refractivity contribution >= 4 is 11.6 Å². The molecule has 0 aromatic heterocycles. The molecular weight excluding hydrogens is 248 g/mol. The van der Waals surface area contributed by atoms with Gasteiger partial charge in [-0.05, 0) is 18.2 Å². The Bertz CT molecular complexity index is 389. The Morgan fingerprint density at radius 2 is 2.24 bits per heavy atom.